The second-order valence-corrected chi connectivity index (χ2v) is 6.98. The van der Waals surface area contributed by atoms with Gasteiger partial charge in [-0.2, -0.15) is 0 Å². The number of aromatic nitrogens is 3. The molecular weight excluding hydrogens is 326 g/mol. The van der Waals surface area contributed by atoms with Crippen molar-refractivity contribution in [3.8, 4) is 5.69 Å². The molecule has 0 saturated heterocycles. The molecule has 8 heteroatoms. The Labute approximate surface area is 145 Å². The lowest BCUT2D eigenvalue weighted by atomic mass is 10.2. The van der Waals surface area contributed by atoms with Crippen molar-refractivity contribution in [2.75, 3.05) is 6.54 Å². The van der Waals surface area contributed by atoms with Crippen LogP contribution in [0.4, 0.5) is 4.79 Å². The van der Waals surface area contributed by atoms with Crippen molar-refractivity contribution in [2.45, 2.75) is 31.2 Å². The normalized spacial score (nSPS) is 12.0. The van der Waals surface area contributed by atoms with Gasteiger partial charge in [0, 0.05) is 12.2 Å². The van der Waals surface area contributed by atoms with Gasteiger partial charge >= 0.3 is 6.03 Å². The molecule has 0 fully saturated rings. The van der Waals surface area contributed by atoms with Gasteiger partial charge in [-0.05, 0) is 25.0 Å². The van der Waals surface area contributed by atoms with E-state index >= 15 is 0 Å². The number of benzene rings is 1. The summed E-state index contributed by atoms with van der Waals surface area (Å²) in [6.07, 6.45) is 1.59. The van der Waals surface area contributed by atoms with Gasteiger partial charge in [0.15, 0.2) is 5.16 Å². The summed E-state index contributed by atoms with van der Waals surface area (Å²) in [6.45, 7) is 6.21. The zero-order valence-corrected chi connectivity index (χ0v) is 14.7. The van der Waals surface area contributed by atoms with E-state index in [4.69, 9.17) is 0 Å². The highest BCUT2D eigenvalue weighted by molar-refractivity contribution is 8.00. The molecule has 0 bridgehead atoms. The number of nitrogens with one attached hydrogen (secondary N) is 2. The van der Waals surface area contributed by atoms with Gasteiger partial charge in [0.25, 0.3) is 0 Å². The summed E-state index contributed by atoms with van der Waals surface area (Å²) in [4.78, 5) is 23.8. The first-order chi connectivity index (χ1) is 11.5. The van der Waals surface area contributed by atoms with E-state index in [0.29, 0.717) is 17.6 Å². The SMILES string of the molecule is CC(C)CNC(=O)NC(=O)[C@H](C)Sc1nncn1-c1ccccc1. The maximum Gasteiger partial charge on any atom is 0.321 e. The molecule has 0 unspecified atom stereocenters. The number of imide groups is 1. The number of hydrogen-bond donors (Lipinski definition) is 2. The number of amides is 3. The lowest BCUT2D eigenvalue weighted by Gasteiger charge is -2.13. The van der Waals surface area contributed by atoms with Crippen molar-refractivity contribution in [1.29, 1.82) is 0 Å². The van der Waals surface area contributed by atoms with Crippen LogP contribution >= 0.6 is 11.8 Å². The van der Waals surface area contributed by atoms with Gasteiger partial charge in [-0.3, -0.25) is 14.7 Å². The first-order valence-electron chi connectivity index (χ1n) is 7.68. The average molecular weight is 347 g/mol. The number of carbonyl (C=O) groups is 2. The Bertz CT molecular complexity index is 687. The number of hydrogen-bond acceptors (Lipinski definition) is 5. The molecule has 0 radical (unpaired) electrons. The van der Waals surface area contributed by atoms with Gasteiger partial charge in [0.1, 0.15) is 6.33 Å². The topological polar surface area (TPSA) is 88.9 Å². The van der Waals surface area contributed by atoms with Crippen LogP contribution in [0.25, 0.3) is 5.69 Å². The third-order valence-electron chi connectivity index (χ3n) is 3.11. The zero-order valence-electron chi connectivity index (χ0n) is 13.9. The molecule has 2 rings (SSSR count). The van der Waals surface area contributed by atoms with Crippen molar-refractivity contribution in [3.63, 3.8) is 0 Å². The van der Waals surface area contributed by atoms with Crippen molar-refractivity contribution in [2.24, 2.45) is 5.92 Å². The minimum Gasteiger partial charge on any atom is -0.338 e. The summed E-state index contributed by atoms with van der Waals surface area (Å²) in [5.41, 5.74) is 0.910. The van der Waals surface area contributed by atoms with Crippen LogP contribution in [0.1, 0.15) is 20.8 Å². The second-order valence-electron chi connectivity index (χ2n) is 5.67. The summed E-state index contributed by atoms with van der Waals surface area (Å²) in [5.74, 6) is -0.0501. The fraction of sp³-hybridized carbons (Fsp3) is 0.375. The molecule has 2 aromatic rings. The smallest absolute Gasteiger partial charge is 0.321 e. The fourth-order valence-electron chi connectivity index (χ4n) is 1.84. The van der Waals surface area contributed by atoms with Crippen molar-refractivity contribution >= 4 is 23.7 Å². The minimum atomic E-state index is -0.485. The monoisotopic (exact) mass is 347 g/mol. The molecule has 3 amide bonds. The molecule has 7 nitrogen and oxygen atoms in total. The molecule has 0 spiro atoms. The quantitative estimate of drug-likeness (QED) is 0.782. The Balaban J connectivity index is 1.95. The van der Waals surface area contributed by atoms with E-state index in [2.05, 4.69) is 20.8 Å². The van der Waals surface area contributed by atoms with E-state index in [0.717, 1.165) is 5.69 Å². The first-order valence-corrected chi connectivity index (χ1v) is 8.56. The highest BCUT2D eigenvalue weighted by Crippen LogP contribution is 2.23. The van der Waals surface area contributed by atoms with Gasteiger partial charge in [-0.25, -0.2) is 4.79 Å². The third kappa shape index (κ3) is 5.09. The molecule has 2 N–H and O–H groups in total. The number of nitrogens with zero attached hydrogens (tertiary/aromatic N) is 3. The van der Waals surface area contributed by atoms with Crippen molar-refractivity contribution < 1.29 is 9.59 Å². The summed E-state index contributed by atoms with van der Waals surface area (Å²) < 4.78 is 1.80. The number of carbonyl (C=O) groups excluding carboxylic acids is 2. The van der Waals surface area contributed by atoms with E-state index in [9.17, 15) is 9.59 Å². The Kier molecular flexibility index (Phi) is 6.36. The second kappa shape index (κ2) is 8.49. The Morgan fingerprint density at radius 1 is 1.21 bits per heavy atom. The average Bonchev–Trinajstić information content (AvgIpc) is 3.01. The zero-order chi connectivity index (χ0) is 17.5. The van der Waals surface area contributed by atoms with Crippen LogP contribution in [-0.4, -0.2) is 38.5 Å². The Morgan fingerprint density at radius 2 is 1.92 bits per heavy atom. The van der Waals surface area contributed by atoms with E-state index in [1.807, 2.05) is 44.2 Å². The van der Waals surface area contributed by atoms with Crippen LogP contribution in [0.3, 0.4) is 0 Å². The van der Waals surface area contributed by atoms with E-state index in [1.54, 1.807) is 17.8 Å². The molecule has 1 atom stereocenters. The van der Waals surface area contributed by atoms with Crippen LogP contribution < -0.4 is 10.6 Å². The van der Waals surface area contributed by atoms with E-state index in [1.165, 1.54) is 11.8 Å². The van der Waals surface area contributed by atoms with Crippen molar-refractivity contribution in [1.82, 2.24) is 25.4 Å². The van der Waals surface area contributed by atoms with E-state index in [-0.39, 0.29) is 5.91 Å². The summed E-state index contributed by atoms with van der Waals surface area (Å²) in [7, 11) is 0. The molecule has 1 heterocycles. The molecule has 0 aliphatic rings. The van der Waals surface area contributed by atoms with Gasteiger partial charge in [0.2, 0.25) is 5.91 Å². The fourth-order valence-corrected chi connectivity index (χ4v) is 2.68. The van der Waals surface area contributed by atoms with Gasteiger partial charge in [-0.1, -0.05) is 43.8 Å². The van der Waals surface area contributed by atoms with Crippen molar-refractivity contribution in [3.05, 3.63) is 36.7 Å². The van der Waals surface area contributed by atoms with Gasteiger partial charge in [-0.15, -0.1) is 10.2 Å². The maximum absolute atomic E-state index is 12.1. The summed E-state index contributed by atoms with van der Waals surface area (Å²) in [5, 5.41) is 13.0. The summed E-state index contributed by atoms with van der Waals surface area (Å²) in [6, 6.07) is 9.13. The predicted octanol–water partition coefficient (Wildman–Crippen LogP) is 2.23. The minimum absolute atomic E-state index is 0.321. The highest BCUT2D eigenvalue weighted by Gasteiger charge is 2.20. The Morgan fingerprint density at radius 3 is 2.58 bits per heavy atom. The number of urea groups is 1. The number of para-hydroxylation sites is 1. The third-order valence-corrected chi connectivity index (χ3v) is 4.17. The van der Waals surface area contributed by atoms with Crippen LogP contribution in [0, 0.1) is 5.92 Å². The van der Waals surface area contributed by atoms with E-state index < -0.39 is 11.3 Å². The molecule has 0 aliphatic carbocycles. The van der Waals surface area contributed by atoms with Crippen LogP contribution in [0.15, 0.2) is 41.8 Å². The number of thioether (sulfide) groups is 1. The molecule has 128 valence electrons. The summed E-state index contributed by atoms with van der Waals surface area (Å²) >= 11 is 1.24. The van der Waals surface area contributed by atoms with Crippen LogP contribution in [0.5, 0.6) is 0 Å². The molecule has 0 aliphatic heterocycles. The molecule has 1 aromatic carbocycles. The highest BCUT2D eigenvalue weighted by atomic mass is 32.2. The maximum atomic E-state index is 12.1. The Hall–Kier alpha value is -2.35. The number of rotatable bonds is 6. The lowest BCUT2D eigenvalue weighted by Crippen LogP contribution is -2.43. The van der Waals surface area contributed by atoms with Gasteiger partial charge < -0.3 is 5.32 Å². The van der Waals surface area contributed by atoms with Gasteiger partial charge in [0.05, 0.1) is 5.25 Å². The van der Waals surface area contributed by atoms with Crippen LogP contribution in [-0.2, 0) is 4.79 Å². The molecule has 0 saturated carbocycles. The lowest BCUT2D eigenvalue weighted by molar-refractivity contribution is -0.119. The van der Waals surface area contributed by atoms with Crippen LogP contribution in [0.2, 0.25) is 0 Å². The predicted molar refractivity (Wildman–Crippen MR) is 93.1 cm³/mol. The molecular formula is C16H21N5O2S. The standard InChI is InChI=1S/C16H21N5O2S/c1-11(2)9-17-15(23)19-14(22)12(3)24-16-20-18-10-21(16)13-7-5-4-6-8-13/h4-8,10-12H,9H2,1-3H3,(H2,17,19,22,23)/t12-/m0/s1. The first kappa shape index (κ1) is 18.0. The largest absolute Gasteiger partial charge is 0.338 e. The molecule has 1 aromatic heterocycles. The molecule has 24 heavy (non-hydrogen) atoms.